The minimum atomic E-state index is -4.53. The molecule has 0 saturated heterocycles. The molecule has 0 spiro atoms. The molecule has 2 amide bonds. The van der Waals surface area contributed by atoms with Gasteiger partial charge in [-0.15, -0.1) is 0 Å². The van der Waals surface area contributed by atoms with Gasteiger partial charge in [-0.2, -0.15) is 9.67 Å². The van der Waals surface area contributed by atoms with Gasteiger partial charge in [-0.3, -0.25) is 9.59 Å². The van der Waals surface area contributed by atoms with Crippen LogP contribution in [0.1, 0.15) is 11.6 Å². The SMILES string of the molecule is O=CNc1ccc(Cl)c(NC(=O)C(C2=Nc3occc3S(=O)(=O)N2c2ccccc2)n2c(=O)n(Cc3ccccc3)n(-c3ccccc3)c2=O)c1. The van der Waals surface area contributed by atoms with Gasteiger partial charge < -0.3 is 15.1 Å². The first-order valence-corrected chi connectivity index (χ1v) is 17.1. The van der Waals surface area contributed by atoms with Crippen LogP contribution >= 0.6 is 11.6 Å². The number of hydrogen-bond donors (Lipinski definition) is 2. The Hall–Kier alpha value is -6.45. The monoisotopic (exact) mass is 723 g/mol. The Morgan fingerprint density at radius 1 is 0.863 bits per heavy atom. The maximum atomic E-state index is 14.7. The third-order valence-electron chi connectivity index (χ3n) is 7.98. The third-order valence-corrected chi connectivity index (χ3v) is 10.1. The molecule has 51 heavy (non-hydrogen) atoms. The summed E-state index contributed by atoms with van der Waals surface area (Å²) < 4.78 is 37.7. The van der Waals surface area contributed by atoms with Crippen molar-refractivity contribution in [1.82, 2.24) is 13.9 Å². The molecule has 1 aliphatic heterocycles. The number of rotatable bonds is 10. The molecular formula is C35H26ClN7O7S. The van der Waals surface area contributed by atoms with Crippen molar-refractivity contribution in [3.63, 3.8) is 0 Å². The topological polar surface area (TPSA) is 170 Å². The Kier molecular flexibility index (Phi) is 8.72. The number of para-hydroxylation sites is 2. The van der Waals surface area contributed by atoms with Crippen LogP contribution in [0.15, 0.2) is 145 Å². The molecule has 3 heterocycles. The van der Waals surface area contributed by atoms with Crippen molar-refractivity contribution in [2.75, 3.05) is 14.9 Å². The number of hydrogen-bond acceptors (Lipinski definition) is 8. The molecule has 2 N–H and O–H groups in total. The molecule has 1 unspecified atom stereocenters. The smallest absolute Gasteiger partial charge is 0.353 e. The van der Waals surface area contributed by atoms with Gasteiger partial charge in [0, 0.05) is 5.69 Å². The van der Waals surface area contributed by atoms with E-state index in [1.165, 1.54) is 36.4 Å². The predicted molar refractivity (Wildman–Crippen MR) is 191 cm³/mol. The number of fused-ring (bicyclic) bond motifs is 1. The molecule has 2 aromatic heterocycles. The number of halogens is 1. The van der Waals surface area contributed by atoms with Crippen molar-refractivity contribution < 1.29 is 22.4 Å². The molecule has 0 saturated carbocycles. The summed E-state index contributed by atoms with van der Waals surface area (Å²) in [5.41, 5.74) is -0.633. The highest BCUT2D eigenvalue weighted by Gasteiger charge is 2.45. The number of sulfonamides is 1. The zero-order chi connectivity index (χ0) is 35.7. The van der Waals surface area contributed by atoms with Gasteiger partial charge in [-0.05, 0) is 54.1 Å². The van der Waals surface area contributed by atoms with Gasteiger partial charge in [-0.1, -0.05) is 78.3 Å². The van der Waals surface area contributed by atoms with E-state index in [-0.39, 0.29) is 39.4 Å². The Bertz CT molecular complexity index is 2530. The van der Waals surface area contributed by atoms with Gasteiger partial charge in [0.2, 0.25) is 12.3 Å². The average molecular weight is 724 g/mol. The molecule has 4 aromatic carbocycles. The van der Waals surface area contributed by atoms with Gasteiger partial charge in [0.05, 0.1) is 34.9 Å². The van der Waals surface area contributed by atoms with Crippen LogP contribution in [0.25, 0.3) is 5.69 Å². The van der Waals surface area contributed by atoms with E-state index in [2.05, 4.69) is 15.6 Å². The van der Waals surface area contributed by atoms with Crippen molar-refractivity contribution in [2.45, 2.75) is 17.5 Å². The Morgan fingerprint density at radius 2 is 1.51 bits per heavy atom. The minimum Gasteiger partial charge on any atom is -0.445 e. The van der Waals surface area contributed by atoms with Gasteiger partial charge in [0.15, 0.2) is 16.8 Å². The standard InChI is InChI=1S/C35H26ClN7O7S/c36-27-17-16-24(37-22-44)20-28(27)38-32(45)30(31-39-33-29(18-19-50-33)51(48,49)43(31)26-14-8-3-9-15-26)41-34(46)40(21-23-10-4-1-5-11-23)42(35(41)47)25-12-6-2-7-13-25/h1-20,22,30H,21H2,(H,37,44)(H,38,45). The summed E-state index contributed by atoms with van der Waals surface area (Å²) in [7, 11) is -4.53. The largest absolute Gasteiger partial charge is 0.445 e. The van der Waals surface area contributed by atoms with Crippen LogP contribution < -0.4 is 26.3 Å². The lowest BCUT2D eigenvalue weighted by Crippen LogP contribution is -2.51. The first-order chi connectivity index (χ1) is 24.7. The fourth-order valence-electron chi connectivity index (χ4n) is 5.71. The van der Waals surface area contributed by atoms with E-state index in [1.54, 1.807) is 78.9 Å². The lowest BCUT2D eigenvalue weighted by atomic mass is 10.2. The van der Waals surface area contributed by atoms with Crippen LogP contribution in [0.3, 0.4) is 0 Å². The van der Waals surface area contributed by atoms with Crippen LogP contribution in [0.5, 0.6) is 0 Å². The van der Waals surface area contributed by atoms with E-state index < -0.39 is 39.2 Å². The van der Waals surface area contributed by atoms with Gasteiger partial charge in [0.25, 0.3) is 15.9 Å². The first-order valence-electron chi connectivity index (χ1n) is 15.3. The molecule has 0 bridgehead atoms. The van der Waals surface area contributed by atoms with Crippen LogP contribution in [0, 0.1) is 0 Å². The van der Waals surface area contributed by atoms with Crippen LogP contribution in [-0.4, -0.2) is 40.5 Å². The third kappa shape index (κ3) is 6.04. The van der Waals surface area contributed by atoms with E-state index in [0.29, 0.717) is 22.2 Å². The second-order valence-corrected chi connectivity index (χ2v) is 13.3. The highest BCUT2D eigenvalue weighted by molar-refractivity contribution is 7.93. The molecule has 0 radical (unpaired) electrons. The molecule has 0 fully saturated rings. The van der Waals surface area contributed by atoms with Crippen LogP contribution in [0.2, 0.25) is 5.02 Å². The number of carbonyl (C=O) groups is 2. The number of amidine groups is 1. The van der Waals surface area contributed by atoms with Crippen LogP contribution in [-0.2, 0) is 26.2 Å². The van der Waals surface area contributed by atoms with Gasteiger partial charge in [-0.25, -0.2) is 31.6 Å². The molecule has 16 heteroatoms. The van der Waals surface area contributed by atoms with E-state index in [0.717, 1.165) is 19.9 Å². The lowest BCUT2D eigenvalue weighted by molar-refractivity contribution is -0.117. The zero-order valence-corrected chi connectivity index (χ0v) is 27.9. The summed E-state index contributed by atoms with van der Waals surface area (Å²) in [6.07, 6.45) is 1.56. The van der Waals surface area contributed by atoms with Crippen LogP contribution in [0.4, 0.5) is 22.9 Å². The number of nitrogens with zero attached hydrogens (tertiary/aromatic N) is 5. The average Bonchev–Trinajstić information content (AvgIpc) is 3.71. The van der Waals surface area contributed by atoms with E-state index in [9.17, 15) is 27.6 Å². The second-order valence-electron chi connectivity index (χ2n) is 11.1. The number of benzene rings is 4. The van der Waals surface area contributed by atoms with Crippen molar-refractivity contribution in [1.29, 1.82) is 0 Å². The molecule has 1 aliphatic rings. The van der Waals surface area contributed by atoms with Crippen molar-refractivity contribution in [3.8, 4) is 5.69 Å². The van der Waals surface area contributed by atoms with E-state index in [1.807, 2.05) is 0 Å². The maximum absolute atomic E-state index is 14.7. The molecule has 1 atom stereocenters. The number of furan rings is 1. The Labute approximate surface area is 294 Å². The number of aliphatic imine (C=N–C) groups is 1. The summed E-state index contributed by atoms with van der Waals surface area (Å²) >= 11 is 6.44. The highest BCUT2D eigenvalue weighted by Crippen LogP contribution is 2.39. The lowest BCUT2D eigenvalue weighted by Gasteiger charge is -2.31. The van der Waals surface area contributed by atoms with E-state index >= 15 is 0 Å². The molecule has 6 aromatic rings. The fraction of sp³-hybridized carbons (Fsp3) is 0.0571. The van der Waals surface area contributed by atoms with Gasteiger partial charge >= 0.3 is 11.4 Å². The second kappa shape index (κ2) is 13.5. The maximum Gasteiger partial charge on any atom is 0.353 e. The number of anilines is 3. The molecule has 0 aliphatic carbocycles. The van der Waals surface area contributed by atoms with E-state index in [4.69, 9.17) is 16.0 Å². The van der Waals surface area contributed by atoms with Crippen molar-refractivity contribution in [3.05, 3.63) is 153 Å². The molecule has 14 nitrogen and oxygen atoms in total. The predicted octanol–water partition coefficient (Wildman–Crippen LogP) is 4.78. The molecule has 256 valence electrons. The molecular weight excluding hydrogens is 698 g/mol. The highest BCUT2D eigenvalue weighted by atomic mass is 35.5. The molecule has 7 rings (SSSR count). The Morgan fingerprint density at radius 3 is 2.18 bits per heavy atom. The van der Waals surface area contributed by atoms with Gasteiger partial charge in [0.1, 0.15) is 0 Å². The van der Waals surface area contributed by atoms with Crippen molar-refractivity contribution >= 4 is 62.7 Å². The van der Waals surface area contributed by atoms with Crippen molar-refractivity contribution in [2.24, 2.45) is 4.99 Å². The summed E-state index contributed by atoms with van der Waals surface area (Å²) in [6, 6.07) is 28.4. The summed E-state index contributed by atoms with van der Waals surface area (Å²) in [5.74, 6) is -1.94. The minimum absolute atomic E-state index is 0.0112. The summed E-state index contributed by atoms with van der Waals surface area (Å²) in [6.45, 7) is -0.0914. The zero-order valence-electron chi connectivity index (χ0n) is 26.3. The first kappa shape index (κ1) is 33.1. The Balaban J connectivity index is 1.51. The number of nitrogens with one attached hydrogen (secondary N) is 2. The fourth-order valence-corrected chi connectivity index (χ4v) is 7.40. The summed E-state index contributed by atoms with van der Waals surface area (Å²) in [5, 5.41) is 5.12. The number of carbonyl (C=O) groups excluding carboxylic acids is 2. The normalized spacial score (nSPS) is 13.9. The number of aromatic nitrogens is 3. The quantitative estimate of drug-likeness (QED) is 0.192. The number of amides is 2. The summed E-state index contributed by atoms with van der Waals surface area (Å²) in [4.78, 5) is 59.3.